The molecule has 1 N–H and O–H groups in total. The Balaban J connectivity index is 1.59. The lowest BCUT2D eigenvalue weighted by molar-refractivity contribution is 0.144. The smallest absolute Gasteiger partial charge is 0.407 e. The zero-order valence-corrected chi connectivity index (χ0v) is 18.3. The van der Waals surface area contributed by atoms with Crippen LogP contribution in [0.2, 0.25) is 0 Å². The summed E-state index contributed by atoms with van der Waals surface area (Å²) in [4.78, 5) is 24.0. The van der Waals surface area contributed by atoms with Crippen LogP contribution in [0.5, 0.6) is 0 Å². The number of nitrogens with one attached hydrogen (secondary N) is 1. The van der Waals surface area contributed by atoms with Gasteiger partial charge >= 0.3 is 6.09 Å². The van der Waals surface area contributed by atoms with E-state index in [-0.39, 0.29) is 6.09 Å². The molecule has 6 heteroatoms. The molecular formula is C25H30N4O2. The third-order valence-electron chi connectivity index (χ3n) is 5.66. The summed E-state index contributed by atoms with van der Waals surface area (Å²) in [6.45, 7) is 6.95. The summed E-state index contributed by atoms with van der Waals surface area (Å²) >= 11 is 0. The van der Waals surface area contributed by atoms with E-state index in [1.165, 1.54) is 5.56 Å². The molecule has 3 aromatic rings. The number of hydrogen-bond acceptors (Lipinski definition) is 5. The second-order valence-electron chi connectivity index (χ2n) is 8.23. The molecule has 1 aromatic heterocycles. The second kappa shape index (κ2) is 9.77. The predicted octanol–water partition coefficient (Wildman–Crippen LogP) is 4.96. The van der Waals surface area contributed by atoms with Gasteiger partial charge < -0.3 is 15.0 Å². The third-order valence-corrected chi connectivity index (χ3v) is 5.66. The number of ether oxygens (including phenoxy) is 1. The first-order valence-electron chi connectivity index (χ1n) is 11.1. The number of aryl methyl sites for hydroxylation is 1. The zero-order chi connectivity index (χ0) is 21.6. The fourth-order valence-corrected chi connectivity index (χ4v) is 4.08. The van der Waals surface area contributed by atoms with Crippen LogP contribution in [0, 0.1) is 12.8 Å². The molecule has 4 rings (SSSR count). The van der Waals surface area contributed by atoms with E-state index in [1.807, 2.05) is 37.3 Å². The highest BCUT2D eigenvalue weighted by Gasteiger charge is 2.24. The summed E-state index contributed by atoms with van der Waals surface area (Å²) < 4.78 is 5.14. The number of alkyl carbamates (subject to hydrolysis) is 1. The number of benzene rings is 2. The van der Waals surface area contributed by atoms with Crippen LogP contribution in [-0.2, 0) is 4.74 Å². The number of carbonyl (C=O) groups is 1. The average Bonchev–Trinajstić information content (AvgIpc) is 2.81. The van der Waals surface area contributed by atoms with Gasteiger partial charge in [-0.15, -0.1) is 0 Å². The molecule has 162 valence electrons. The van der Waals surface area contributed by atoms with E-state index in [9.17, 15) is 4.79 Å². The molecule has 0 unspecified atom stereocenters. The van der Waals surface area contributed by atoms with Gasteiger partial charge in [0.25, 0.3) is 0 Å². The average molecular weight is 419 g/mol. The van der Waals surface area contributed by atoms with Gasteiger partial charge in [0, 0.05) is 30.6 Å². The first-order chi connectivity index (χ1) is 15.1. The summed E-state index contributed by atoms with van der Waals surface area (Å²) in [6, 6.07) is 16.5. The lowest BCUT2D eigenvalue weighted by Gasteiger charge is -2.34. The van der Waals surface area contributed by atoms with Crippen molar-refractivity contribution in [2.45, 2.75) is 33.1 Å². The molecule has 0 spiro atoms. The number of amides is 1. The molecule has 1 aliphatic rings. The van der Waals surface area contributed by atoms with Gasteiger partial charge in [0.2, 0.25) is 0 Å². The number of fused-ring (bicyclic) bond motifs is 1. The Bertz CT molecular complexity index is 1040. The fraction of sp³-hybridized carbons (Fsp3) is 0.400. The molecule has 1 fully saturated rings. The highest BCUT2D eigenvalue weighted by atomic mass is 16.5. The van der Waals surface area contributed by atoms with Crippen LogP contribution in [0.1, 0.15) is 31.7 Å². The molecule has 1 saturated heterocycles. The Morgan fingerprint density at radius 3 is 2.84 bits per heavy atom. The minimum atomic E-state index is -0.326. The van der Waals surface area contributed by atoms with E-state index in [1.54, 1.807) is 0 Å². The molecule has 1 atom stereocenters. The number of anilines is 1. The maximum absolute atomic E-state index is 11.8. The van der Waals surface area contributed by atoms with Crippen LogP contribution in [0.25, 0.3) is 22.3 Å². The van der Waals surface area contributed by atoms with Crippen LogP contribution in [0.4, 0.5) is 10.6 Å². The van der Waals surface area contributed by atoms with Gasteiger partial charge in [0.15, 0.2) is 5.82 Å². The van der Waals surface area contributed by atoms with Crippen molar-refractivity contribution in [3.05, 3.63) is 54.1 Å². The van der Waals surface area contributed by atoms with Gasteiger partial charge in [-0.05, 0) is 49.8 Å². The lowest BCUT2D eigenvalue weighted by atomic mass is 9.97. The number of aromatic nitrogens is 2. The van der Waals surface area contributed by atoms with Gasteiger partial charge in [0.1, 0.15) is 5.82 Å². The highest BCUT2D eigenvalue weighted by Crippen LogP contribution is 2.31. The second-order valence-corrected chi connectivity index (χ2v) is 8.23. The molecule has 0 bridgehead atoms. The molecule has 0 aliphatic carbocycles. The standard InChI is InChI=1S/C25H30N4O2/c1-3-14-31-25(30)26-16-19-8-7-13-29(17-19)24-21-12-11-18(2)15-22(21)27-23(28-24)20-9-5-4-6-10-20/h4-6,9-12,15,19H,3,7-8,13-14,16-17H2,1-2H3,(H,26,30)/t19-/m0/s1. The maximum Gasteiger partial charge on any atom is 0.407 e. The van der Waals surface area contributed by atoms with Crippen molar-refractivity contribution in [1.82, 2.24) is 15.3 Å². The fourth-order valence-electron chi connectivity index (χ4n) is 4.08. The van der Waals surface area contributed by atoms with Gasteiger partial charge in [-0.2, -0.15) is 0 Å². The van der Waals surface area contributed by atoms with E-state index in [0.29, 0.717) is 19.1 Å². The lowest BCUT2D eigenvalue weighted by Crippen LogP contribution is -2.41. The normalized spacial score (nSPS) is 16.3. The summed E-state index contributed by atoms with van der Waals surface area (Å²) in [5.41, 5.74) is 3.16. The Labute approximate surface area is 183 Å². The summed E-state index contributed by atoms with van der Waals surface area (Å²) in [5, 5.41) is 3.99. The van der Waals surface area contributed by atoms with Crippen LogP contribution in [0.3, 0.4) is 0 Å². The molecule has 2 heterocycles. The van der Waals surface area contributed by atoms with Crippen molar-refractivity contribution >= 4 is 22.8 Å². The Kier molecular flexibility index (Phi) is 6.65. The number of nitrogens with zero attached hydrogens (tertiary/aromatic N) is 3. The quantitative estimate of drug-likeness (QED) is 0.613. The summed E-state index contributed by atoms with van der Waals surface area (Å²) in [5.74, 6) is 2.08. The number of carbonyl (C=O) groups excluding carboxylic acids is 1. The van der Waals surface area contributed by atoms with Gasteiger partial charge in [-0.3, -0.25) is 0 Å². The SMILES string of the molecule is CCCOC(=O)NC[C@@H]1CCCN(c2nc(-c3ccccc3)nc3cc(C)ccc23)C1. The first kappa shape index (κ1) is 21.1. The largest absolute Gasteiger partial charge is 0.450 e. The number of hydrogen-bond donors (Lipinski definition) is 1. The summed E-state index contributed by atoms with van der Waals surface area (Å²) in [6.07, 6.45) is 2.65. The zero-order valence-electron chi connectivity index (χ0n) is 18.3. The van der Waals surface area contributed by atoms with E-state index < -0.39 is 0 Å². The highest BCUT2D eigenvalue weighted by molar-refractivity contribution is 5.91. The van der Waals surface area contributed by atoms with E-state index in [2.05, 4.69) is 35.3 Å². The topological polar surface area (TPSA) is 67.3 Å². The molecule has 2 aromatic carbocycles. The molecule has 1 amide bonds. The van der Waals surface area contributed by atoms with Crippen LogP contribution < -0.4 is 10.2 Å². The molecule has 31 heavy (non-hydrogen) atoms. The monoisotopic (exact) mass is 418 g/mol. The first-order valence-corrected chi connectivity index (χ1v) is 11.1. The van der Waals surface area contributed by atoms with Gasteiger partial charge in [0.05, 0.1) is 12.1 Å². The minimum absolute atomic E-state index is 0.326. The van der Waals surface area contributed by atoms with Crippen LogP contribution in [0.15, 0.2) is 48.5 Å². The molecule has 0 saturated carbocycles. The van der Waals surface area contributed by atoms with Crippen LogP contribution in [-0.4, -0.2) is 42.3 Å². The van der Waals surface area contributed by atoms with Gasteiger partial charge in [-0.1, -0.05) is 43.3 Å². The van der Waals surface area contributed by atoms with E-state index in [0.717, 1.165) is 60.5 Å². The van der Waals surface area contributed by atoms with Crippen molar-refractivity contribution in [3.8, 4) is 11.4 Å². The molecular weight excluding hydrogens is 388 g/mol. The number of rotatable bonds is 6. The molecule has 0 radical (unpaired) electrons. The molecule has 1 aliphatic heterocycles. The van der Waals surface area contributed by atoms with E-state index >= 15 is 0 Å². The van der Waals surface area contributed by atoms with Crippen molar-refractivity contribution in [2.24, 2.45) is 5.92 Å². The van der Waals surface area contributed by atoms with Crippen LogP contribution >= 0.6 is 0 Å². The molecule has 6 nitrogen and oxygen atoms in total. The number of piperidine rings is 1. The predicted molar refractivity (Wildman–Crippen MR) is 124 cm³/mol. The summed E-state index contributed by atoms with van der Waals surface area (Å²) in [7, 11) is 0. The van der Waals surface area contributed by atoms with Crippen molar-refractivity contribution in [2.75, 3.05) is 31.1 Å². The Morgan fingerprint density at radius 2 is 2.03 bits per heavy atom. The Hall–Kier alpha value is -3.15. The van der Waals surface area contributed by atoms with E-state index in [4.69, 9.17) is 14.7 Å². The maximum atomic E-state index is 11.8. The van der Waals surface area contributed by atoms with Crippen molar-refractivity contribution in [3.63, 3.8) is 0 Å². The van der Waals surface area contributed by atoms with Crippen molar-refractivity contribution in [1.29, 1.82) is 0 Å². The van der Waals surface area contributed by atoms with Gasteiger partial charge in [-0.25, -0.2) is 14.8 Å². The van der Waals surface area contributed by atoms with Crippen molar-refractivity contribution < 1.29 is 9.53 Å². The minimum Gasteiger partial charge on any atom is -0.450 e. The Morgan fingerprint density at radius 1 is 1.19 bits per heavy atom. The third kappa shape index (κ3) is 5.13.